The zero-order valence-electron chi connectivity index (χ0n) is 15.3. The summed E-state index contributed by atoms with van der Waals surface area (Å²) in [5, 5.41) is 8.65. The van der Waals surface area contributed by atoms with Crippen LogP contribution in [0.15, 0.2) is 64.4 Å². The molecule has 0 radical (unpaired) electrons. The van der Waals surface area contributed by atoms with Gasteiger partial charge in [-0.25, -0.2) is 0 Å². The van der Waals surface area contributed by atoms with Crippen LogP contribution < -0.4 is 0 Å². The van der Waals surface area contributed by atoms with Gasteiger partial charge in [-0.2, -0.15) is 5.11 Å². The number of allylic oxidation sites excluding steroid dienone is 1. The Bertz CT molecular complexity index is 597. The van der Waals surface area contributed by atoms with Gasteiger partial charge >= 0.3 is 0 Å². The van der Waals surface area contributed by atoms with Crippen molar-refractivity contribution in [2.75, 3.05) is 0 Å². The topological polar surface area (TPSA) is 43.2 Å². The van der Waals surface area contributed by atoms with E-state index < -0.39 is 16.6 Å². The zero-order chi connectivity index (χ0) is 17.7. The Kier molecular flexibility index (Phi) is 6.52. The summed E-state index contributed by atoms with van der Waals surface area (Å²) >= 11 is 0. The normalized spacial score (nSPS) is 13.7. The van der Waals surface area contributed by atoms with Crippen molar-refractivity contribution in [2.45, 2.75) is 46.2 Å². The minimum Gasteiger partial charge on any atom is -0.546 e. The van der Waals surface area contributed by atoms with Crippen LogP contribution in [-0.2, 0) is 8.85 Å². The fourth-order valence-electron chi connectivity index (χ4n) is 1.85. The van der Waals surface area contributed by atoms with Crippen LogP contribution in [0.25, 0.3) is 0 Å². The highest BCUT2D eigenvalue weighted by Gasteiger charge is 2.23. The molecule has 126 valence electrons. The molecule has 0 fully saturated rings. The van der Waals surface area contributed by atoms with E-state index in [-0.39, 0.29) is 0 Å². The summed E-state index contributed by atoms with van der Waals surface area (Å²) in [4.78, 5) is 0. The summed E-state index contributed by atoms with van der Waals surface area (Å²) in [5.41, 5.74) is 1.37. The molecule has 0 heterocycles. The minimum absolute atomic E-state index is 0.527. The summed E-state index contributed by atoms with van der Waals surface area (Å²) in [5.74, 6) is 1.24. The van der Waals surface area contributed by atoms with Gasteiger partial charge in [-0.1, -0.05) is 24.8 Å². The van der Waals surface area contributed by atoms with Crippen molar-refractivity contribution in [3.05, 3.63) is 54.1 Å². The lowest BCUT2D eigenvalue weighted by atomic mass is 10.3. The van der Waals surface area contributed by atoms with Crippen molar-refractivity contribution in [2.24, 2.45) is 10.2 Å². The summed E-state index contributed by atoms with van der Waals surface area (Å²) in [6.45, 7) is 18.7. The Balaban J connectivity index is 3.13. The molecule has 0 unspecified atom stereocenters. The molecular formula is C17H28N2O2Si2. The lowest BCUT2D eigenvalue weighted by Crippen LogP contribution is -2.27. The maximum atomic E-state index is 6.06. The van der Waals surface area contributed by atoms with Crippen LogP contribution in [0.1, 0.15) is 6.92 Å². The van der Waals surface area contributed by atoms with E-state index in [1.807, 2.05) is 37.3 Å². The van der Waals surface area contributed by atoms with Gasteiger partial charge in [-0.15, -0.1) is 5.11 Å². The second-order valence-electron chi connectivity index (χ2n) is 7.29. The van der Waals surface area contributed by atoms with Gasteiger partial charge in [0, 0.05) is 0 Å². The maximum absolute atomic E-state index is 6.06. The van der Waals surface area contributed by atoms with Crippen LogP contribution in [0.5, 0.6) is 0 Å². The Morgan fingerprint density at radius 3 is 1.91 bits per heavy atom. The lowest BCUT2D eigenvalue weighted by molar-refractivity contribution is 0.392. The molecule has 0 saturated heterocycles. The Hall–Kier alpha value is -1.67. The fraction of sp³-hybridized carbons (Fsp3) is 0.412. The number of rotatable bonds is 7. The Morgan fingerprint density at radius 1 is 0.913 bits per heavy atom. The standard InChI is InChI=1S/C17H28N2O2Si2/c1-14(20-22(3,4)5)17(15(2)21-23(6,7)8)19-18-16-12-10-9-11-13-16/h9-13H,1H2,2-8H3/b17-15+,19-18?. The predicted octanol–water partition coefficient (Wildman–Crippen LogP) is 6.22. The van der Waals surface area contributed by atoms with Gasteiger partial charge in [0.25, 0.3) is 0 Å². The highest BCUT2D eigenvalue weighted by molar-refractivity contribution is 6.70. The summed E-state index contributed by atoms with van der Waals surface area (Å²) in [6, 6.07) is 9.60. The molecule has 0 bridgehead atoms. The second-order valence-corrected chi connectivity index (χ2v) is 16.2. The van der Waals surface area contributed by atoms with Crippen molar-refractivity contribution in [1.29, 1.82) is 0 Å². The van der Waals surface area contributed by atoms with Gasteiger partial charge in [0.05, 0.1) is 5.69 Å². The van der Waals surface area contributed by atoms with Gasteiger partial charge < -0.3 is 8.85 Å². The van der Waals surface area contributed by atoms with Crippen LogP contribution in [-0.4, -0.2) is 16.6 Å². The van der Waals surface area contributed by atoms with Gasteiger partial charge in [0.2, 0.25) is 16.6 Å². The molecule has 0 aliphatic rings. The molecule has 0 saturated carbocycles. The zero-order valence-corrected chi connectivity index (χ0v) is 17.3. The van der Waals surface area contributed by atoms with E-state index in [1.54, 1.807) is 0 Å². The van der Waals surface area contributed by atoms with Crippen molar-refractivity contribution in [3.8, 4) is 0 Å². The predicted molar refractivity (Wildman–Crippen MR) is 102 cm³/mol. The smallest absolute Gasteiger partial charge is 0.242 e. The van der Waals surface area contributed by atoms with E-state index in [2.05, 4.69) is 56.1 Å². The first kappa shape index (κ1) is 19.4. The molecular weight excluding hydrogens is 320 g/mol. The van der Waals surface area contributed by atoms with E-state index in [9.17, 15) is 0 Å². The SMILES string of the molecule is C=C(O[Si](C)(C)C)/C(N=Nc1ccccc1)=C(/C)O[Si](C)(C)C. The molecule has 23 heavy (non-hydrogen) atoms. The molecule has 4 nitrogen and oxygen atoms in total. The molecule has 0 aliphatic carbocycles. The van der Waals surface area contributed by atoms with Gasteiger partial charge in [-0.3, -0.25) is 0 Å². The van der Waals surface area contributed by atoms with Crippen LogP contribution >= 0.6 is 0 Å². The molecule has 1 aromatic carbocycles. The Morgan fingerprint density at radius 2 is 1.43 bits per heavy atom. The summed E-state index contributed by atoms with van der Waals surface area (Å²) < 4.78 is 12.1. The molecule has 1 rings (SSSR count). The van der Waals surface area contributed by atoms with E-state index in [1.165, 1.54) is 0 Å². The third kappa shape index (κ3) is 7.94. The molecule has 0 amide bonds. The number of hydrogen-bond donors (Lipinski definition) is 0. The quantitative estimate of drug-likeness (QED) is 0.254. The average Bonchev–Trinajstić information content (AvgIpc) is 2.35. The van der Waals surface area contributed by atoms with E-state index in [4.69, 9.17) is 8.85 Å². The lowest BCUT2D eigenvalue weighted by Gasteiger charge is -2.24. The molecule has 1 aromatic rings. The van der Waals surface area contributed by atoms with Gasteiger partial charge in [0.15, 0.2) is 5.70 Å². The number of hydrogen-bond acceptors (Lipinski definition) is 4. The number of azo groups is 1. The molecule has 0 spiro atoms. The molecule has 0 N–H and O–H groups in total. The molecule has 0 aromatic heterocycles. The third-order valence-corrected chi connectivity index (χ3v) is 4.29. The monoisotopic (exact) mass is 348 g/mol. The van der Waals surface area contributed by atoms with Crippen molar-refractivity contribution in [1.82, 2.24) is 0 Å². The second kappa shape index (κ2) is 7.74. The Labute approximate surface area is 142 Å². The van der Waals surface area contributed by atoms with E-state index >= 15 is 0 Å². The third-order valence-electron chi connectivity index (χ3n) is 2.51. The van der Waals surface area contributed by atoms with Gasteiger partial charge in [0.1, 0.15) is 11.5 Å². The van der Waals surface area contributed by atoms with Crippen LogP contribution in [0.3, 0.4) is 0 Å². The highest BCUT2D eigenvalue weighted by Crippen LogP contribution is 2.25. The summed E-state index contributed by atoms with van der Waals surface area (Å²) in [6.07, 6.45) is 0. The van der Waals surface area contributed by atoms with Crippen molar-refractivity contribution >= 4 is 22.3 Å². The summed E-state index contributed by atoms with van der Waals surface area (Å²) in [7, 11) is -3.52. The van der Waals surface area contributed by atoms with E-state index in [0.717, 1.165) is 5.69 Å². The average molecular weight is 349 g/mol. The van der Waals surface area contributed by atoms with E-state index in [0.29, 0.717) is 17.2 Å². The minimum atomic E-state index is -1.78. The van der Waals surface area contributed by atoms with Gasteiger partial charge in [-0.05, 0) is 58.3 Å². The van der Waals surface area contributed by atoms with Crippen LogP contribution in [0.2, 0.25) is 39.3 Å². The molecule has 0 atom stereocenters. The molecule has 6 heteroatoms. The maximum Gasteiger partial charge on any atom is 0.242 e. The van der Waals surface area contributed by atoms with Crippen LogP contribution in [0.4, 0.5) is 5.69 Å². The highest BCUT2D eigenvalue weighted by atomic mass is 28.4. The number of benzene rings is 1. The van der Waals surface area contributed by atoms with Crippen molar-refractivity contribution < 1.29 is 8.85 Å². The molecule has 0 aliphatic heterocycles. The first-order chi connectivity index (χ1) is 10.5. The first-order valence-corrected chi connectivity index (χ1v) is 14.5. The van der Waals surface area contributed by atoms with Crippen molar-refractivity contribution in [3.63, 3.8) is 0 Å². The number of nitrogens with zero attached hydrogens (tertiary/aromatic N) is 2. The first-order valence-electron chi connectivity index (χ1n) is 7.73. The largest absolute Gasteiger partial charge is 0.546 e. The van der Waals surface area contributed by atoms with Crippen LogP contribution in [0, 0.1) is 0 Å². The fourth-order valence-corrected chi connectivity index (χ4v) is 3.70.